The Bertz CT molecular complexity index is 997. The van der Waals surface area contributed by atoms with Crippen molar-refractivity contribution >= 4 is 17.7 Å². The van der Waals surface area contributed by atoms with Crippen molar-refractivity contribution in [3.8, 4) is 0 Å². The van der Waals surface area contributed by atoms with Crippen molar-refractivity contribution in [3.63, 3.8) is 0 Å². The average Bonchev–Trinajstić information content (AvgIpc) is 3.15. The topological polar surface area (TPSA) is 85.4 Å². The summed E-state index contributed by atoms with van der Waals surface area (Å²) >= 11 is 0. The van der Waals surface area contributed by atoms with Gasteiger partial charge in [0.2, 0.25) is 0 Å². The Hall–Kier alpha value is -2.71. The highest BCUT2D eigenvalue weighted by Gasteiger charge is 2.52. The first-order valence-corrected chi connectivity index (χ1v) is 12.2. The number of benzene rings is 1. The molecule has 0 radical (unpaired) electrons. The van der Waals surface area contributed by atoms with Gasteiger partial charge in [-0.1, -0.05) is 19.1 Å². The van der Waals surface area contributed by atoms with Crippen LogP contribution in [0.1, 0.15) is 48.1 Å². The molecule has 1 amide bonds. The molecule has 3 heterocycles. The summed E-state index contributed by atoms with van der Waals surface area (Å²) < 4.78 is 16.5. The molecule has 1 aromatic rings. The van der Waals surface area contributed by atoms with Gasteiger partial charge < -0.3 is 19.1 Å². The highest BCUT2D eigenvalue weighted by atomic mass is 16.5. The normalized spacial score (nSPS) is 29.5. The molecular weight excluding hydrogens is 436 g/mol. The number of morpholine rings is 1. The van der Waals surface area contributed by atoms with E-state index >= 15 is 0 Å². The third-order valence-electron chi connectivity index (χ3n) is 7.61. The number of hydrogen-bond acceptors (Lipinski definition) is 7. The van der Waals surface area contributed by atoms with Gasteiger partial charge >= 0.3 is 5.97 Å². The largest absolute Gasteiger partial charge is 0.483 e. The summed E-state index contributed by atoms with van der Waals surface area (Å²) in [5.41, 5.74) is 1.71. The lowest BCUT2D eigenvalue weighted by Crippen LogP contribution is -2.43. The van der Waals surface area contributed by atoms with Crippen molar-refractivity contribution in [3.05, 3.63) is 46.7 Å². The number of carbonyl (C=O) groups is 3. The second-order valence-corrected chi connectivity index (χ2v) is 9.76. The second kappa shape index (κ2) is 9.50. The standard InChI is InChI=1S/C26H32N2O6/c1-16-3-8-20-19(15-16)23(29)21-22(17-4-6-18(7-5-17)26(31)32-2)28(25(30)24(21)34-20)10-9-27-11-13-33-14-12-27/h4-7,16,19-20,22H,3,8-15H2,1-2H3. The summed E-state index contributed by atoms with van der Waals surface area (Å²) in [6.45, 7) is 6.37. The molecule has 4 atom stereocenters. The summed E-state index contributed by atoms with van der Waals surface area (Å²) in [4.78, 5) is 43.3. The fourth-order valence-corrected chi connectivity index (χ4v) is 5.70. The van der Waals surface area contributed by atoms with Crippen LogP contribution in [0.2, 0.25) is 0 Å². The summed E-state index contributed by atoms with van der Waals surface area (Å²) in [5, 5.41) is 0. The number of methoxy groups -OCH3 is 1. The van der Waals surface area contributed by atoms with Crippen molar-refractivity contribution in [2.45, 2.75) is 38.3 Å². The fourth-order valence-electron chi connectivity index (χ4n) is 5.70. The summed E-state index contributed by atoms with van der Waals surface area (Å²) in [6.07, 6.45) is 2.38. The van der Waals surface area contributed by atoms with Crippen molar-refractivity contribution < 1.29 is 28.6 Å². The Morgan fingerprint density at radius 1 is 1.09 bits per heavy atom. The van der Waals surface area contributed by atoms with Gasteiger partial charge in [-0.15, -0.1) is 0 Å². The van der Waals surface area contributed by atoms with E-state index in [4.69, 9.17) is 14.2 Å². The predicted octanol–water partition coefficient (Wildman–Crippen LogP) is 2.35. The van der Waals surface area contributed by atoms with Crippen LogP contribution in [0.5, 0.6) is 0 Å². The first kappa shape index (κ1) is 23.1. The smallest absolute Gasteiger partial charge is 0.337 e. The number of ketones is 1. The second-order valence-electron chi connectivity index (χ2n) is 9.76. The van der Waals surface area contributed by atoms with Crippen LogP contribution in [0, 0.1) is 11.8 Å². The van der Waals surface area contributed by atoms with Crippen molar-refractivity contribution in [2.24, 2.45) is 11.8 Å². The molecule has 1 saturated carbocycles. The van der Waals surface area contributed by atoms with E-state index in [1.807, 2.05) is 12.1 Å². The predicted molar refractivity (Wildman–Crippen MR) is 123 cm³/mol. The summed E-state index contributed by atoms with van der Waals surface area (Å²) in [6, 6.07) is 6.48. The van der Waals surface area contributed by atoms with Gasteiger partial charge in [0.25, 0.3) is 5.91 Å². The van der Waals surface area contributed by atoms with E-state index in [1.54, 1.807) is 17.0 Å². The van der Waals surface area contributed by atoms with Gasteiger partial charge in [0.1, 0.15) is 6.10 Å². The molecule has 2 fully saturated rings. The van der Waals surface area contributed by atoms with Crippen LogP contribution < -0.4 is 0 Å². The van der Waals surface area contributed by atoms with E-state index in [0.717, 1.165) is 37.9 Å². The Kier molecular flexibility index (Phi) is 6.44. The van der Waals surface area contributed by atoms with Crippen LogP contribution in [0.3, 0.4) is 0 Å². The van der Waals surface area contributed by atoms with Crippen LogP contribution >= 0.6 is 0 Å². The molecule has 0 N–H and O–H groups in total. The first-order valence-electron chi connectivity index (χ1n) is 12.2. The van der Waals surface area contributed by atoms with E-state index in [-0.39, 0.29) is 29.5 Å². The lowest BCUT2D eigenvalue weighted by molar-refractivity contribution is -0.136. The van der Waals surface area contributed by atoms with Crippen LogP contribution in [0.4, 0.5) is 0 Å². The molecule has 0 aromatic heterocycles. The maximum absolute atomic E-state index is 13.8. The summed E-state index contributed by atoms with van der Waals surface area (Å²) in [7, 11) is 1.34. The molecule has 0 spiro atoms. The van der Waals surface area contributed by atoms with Gasteiger partial charge in [0, 0.05) is 26.2 Å². The van der Waals surface area contributed by atoms with Crippen molar-refractivity contribution in [2.75, 3.05) is 46.5 Å². The van der Waals surface area contributed by atoms with Gasteiger partial charge in [-0.3, -0.25) is 14.5 Å². The Morgan fingerprint density at radius 3 is 2.53 bits per heavy atom. The number of nitrogens with zero attached hydrogens (tertiary/aromatic N) is 2. The molecule has 1 aromatic carbocycles. The highest BCUT2D eigenvalue weighted by molar-refractivity contribution is 6.11. The zero-order valence-corrected chi connectivity index (χ0v) is 19.8. The lowest BCUT2D eigenvalue weighted by atomic mass is 9.74. The minimum atomic E-state index is -0.513. The molecule has 34 heavy (non-hydrogen) atoms. The molecule has 1 saturated heterocycles. The molecule has 4 aliphatic rings. The van der Waals surface area contributed by atoms with Gasteiger partial charge in [-0.2, -0.15) is 0 Å². The van der Waals surface area contributed by atoms with Crippen LogP contribution in [0.25, 0.3) is 0 Å². The number of Topliss-reactive ketones (excluding diaryl/α,β-unsaturated/α-hetero) is 1. The molecule has 1 aliphatic carbocycles. The minimum Gasteiger partial charge on any atom is -0.483 e. The third kappa shape index (κ3) is 4.14. The number of rotatable bonds is 5. The van der Waals surface area contributed by atoms with Gasteiger partial charge in [0.05, 0.1) is 43.4 Å². The van der Waals surface area contributed by atoms with E-state index in [2.05, 4.69) is 11.8 Å². The number of esters is 1. The van der Waals surface area contributed by atoms with Crippen LogP contribution in [-0.2, 0) is 23.8 Å². The molecule has 8 nitrogen and oxygen atoms in total. The van der Waals surface area contributed by atoms with E-state index in [0.29, 0.717) is 43.4 Å². The SMILES string of the molecule is COC(=O)c1ccc(C2C3=C(OC4CCC(C)CC4C3=O)C(=O)N2CCN2CCOCC2)cc1. The van der Waals surface area contributed by atoms with E-state index in [9.17, 15) is 14.4 Å². The molecule has 5 rings (SSSR count). The molecule has 4 unspecified atom stereocenters. The number of ether oxygens (including phenoxy) is 3. The number of fused-ring (bicyclic) bond motifs is 1. The zero-order valence-electron chi connectivity index (χ0n) is 19.8. The zero-order chi connectivity index (χ0) is 23.8. The van der Waals surface area contributed by atoms with Crippen molar-refractivity contribution in [1.29, 1.82) is 0 Å². The van der Waals surface area contributed by atoms with Crippen LogP contribution in [-0.4, -0.2) is 80.1 Å². The minimum absolute atomic E-state index is 0.0436. The Labute approximate surface area is 199 Å². The first-order chi connectivity index (χ1) is 16.5. The lowest BCUT2D eigenvalue weighted by Gasteiger charge is -2.37. The van der Waals surface area contributed by atoms with Gasteiger partial charge in [0.15, 0.2) is 11.5 Å². The number of carbonyl (C=O) groups excluding carboxylic acids is 3. The molecule has 3 aliphatic heterocycles. The number of hydrogen-bond donors (Lipinski definition) is 0. The molecule has 8 heteroatoms. The Balaban J connectivity index is 1.47. The average molecular weight is 469 g/mol. The molecular formula is C26H32N2O6. The van der Waals surface area contributed by atoms with Crippen molar-refractivity contribution in [1.82, 2.24) is 9.80 Å². The highest BCUT2D eigenvalue weighted by Crippen LogP contribution is 2.47. The molecule has 182 valence electrons. The van der Waals surface area contributed by atoms with E-state index < -0.39 is 12.0 Å². The maximum Gasteiger partial charge on any atom is 0.337 e. The van der Waals surface area contributed by atoms with Gasteiger partial charge in [-0.05, 0) is 42.9 Å². The van der Waals surface area contributed by atoms with E-state index in [1.165, 1.54) is 7.11 Å². The third-order valence-corrected chi connectivity index (χ3v) is 7.61. The maximum atomic E-state index is 13.8. The summed E-state index contributed by atoms with van der Waals surface area (Å²) in [5.74, 6) is -0.105. The molecule has 0 bridgehead atoms. The van der Waals surface area contributed by atoms with Crippen LogP contribution in [0.15, 0.2) is 35.6 Å². The monoisotopic (exact) mass is 468 g/mol. The van der Waals surface area contributed by atoms with Gasteiger partial charge in [-0.25, -0.2) is 4.79 Å². The number of amides is 1. The Morgan fingerprint density at radius 2 is 1.82 bits per heavy atom. The quantitative estimate of drug-likeness (QED) is 0.613. The fraction of sp³-hybridized carbons (Fsp3) is 0.577.